The van der Waals surface area contributed by atoms with Crippen LogP contribution in [0, 0.1) is 6.92 Å². The fourth-order valence-electron chi connectivity index (χ4n) is 1.07. The lowest BCUT2D eigenvalue weighted by atomic mass is 10.2. The van der Waals surface area contributed by atoms with Crippen molar-refractivity contribution in [3.05, 3.63) is 17.5 Å². The molecule has 1 aromatic heterocycles. The average Bonchev–Trinajstić information content (AvgIpc) is 2.41. The first-order chi connectivity index (χ1) is 6.50. The molecule has 0 radical (unpaired) electrons. The highest BCUT2D eigenvalue weighted by molar-refractivity contribution is 5.95. The number of aliphatic carboxylic acids is 1. The number of hydrogen-bond donors (Lipinski definition) is 2. The number of aryl methyl sites for hydroxylation is 2. The van der Waals surface area contributed by atoms with Gasteiger partial charge in [-0.3, -0.25) is 14.3 Å². The van der Waals surface area contributed by atoms with E-state index in [2.05, 4.69) is 10.4 Å². The standard InChI is InChI=1S/C8H11N3O3/c1-5-4-11(2)10-7(5)8(14)9-3-6(12)13/h4H,3H2,1-2H3,(H,9,14)(H,12,13). The van der Waals surface area contributed by atoms with Crippen LogP contribution in [0.25, 0.3) is 0 Å². The van der Waals surface area contributed by atoms with E-state index in [1.807, 2.05) is 0 Å². The van der Waals surface area contributed by atoms with E-state index in [0.29, 0.717) is 0 Å². The first-order valence-electron chi connectivity index (χ1n) is 4.01. The van der Waals surface area contributed by atoms with Gasteiger partial charge in [0.2, 0.25) is 0 Å². The number of aromatic nitrogens is 2. The Morgan fingerprint density at radius 3 is 2.71 bits per heavy atom. The molecule has 2 N–H and O–H groups in total. The first kappa shape index (κ1) is 10.2. The minimum absolute atomic E-state index is 0.258. The largest absolute Gasteiger partial charge is 0.480 e. The number of carbonyl (C=O) groups is 2. The Labute approximate surface area is 80.5 Å². The van der Waals surface area contributed by atoms with E-state index in [1.165, 1.54) is 4.68 Å². The maximum atomic E-state index is 11.3. The molecule has 0 aromatic carbocycles. The van der Waals surface area contributed by atoms with Crippen LogP contribution in [0.2, 0.25) is 0 Å². The second-order valence-electron chi connectivity index (χ2n) is 2.91. The lowest BCUT2D eigenvalue weighted by Gasteiger charge is -1.98. The highest BCUT2D eigenvalue weighted by Crippen LogP contribution is 2.03. The third kappa shape index (κ3) is 2.32. The van der Waals surface area contributed by atoms with E-state index in [0.717, 1.165) is 5.56 Å². The number of hydrogen-bond acceptors (Lipinski definition) is 3. The summed E-state index contributed by atoms with van der Waals surface area (Å²) in [6.07, 6.45) is 1.69. The quantitative estimate of drug-likeness (QED) is 0.686. The zero-order chi connectivity index (χ0) is 10.7. The Bertz CT molecular complexity index is 370. The summed E-state index contributed by atoms with van der Waals surface area (Å²) in [6, 6.07) is 0. The van der Waals surface area contributed by atoms with Crippen molar-refractivity contribution in [3.63, 3.8) is 0 Å². The number of amides is 1. The van der Waals surface area contributed by atoms with Gasteiger partial charge in [-0.05, 0) is 6.92 Å². The highest BCUT2D eigenvalue weighted by Gasteiger charge is 2.13. The maximum absolute atomic E-state index is 11.3. The van der Waals surface area contributed by atoms with Crippen LogP contribution in [-0.2, 0) is 11.8 Å². The second-order valence-corrected chi connectivity index (χ2v) is 2.91. The molecule has 0 aliphatic heterocycles. The minimum atomic E-state index is -1.08. The second kappa shape index (κ2) is 3.91. The fraction of sp³-hybridized carbons (Fsp3) is 0.375. The summed E-state index contributed by atoms with van der Waals surface area (Å²) in [4.78, 5) is 21.5. The molecule has 0 aliphatic rings. The lowest BCUT2D eigenvalue weighted by molar-refractivity contribution is -0.135. The summed E-state index contributed by atoms with van der Waals surface area (Å²) >= 11 is 0. The van der Waals surface area contributed by atoms with Gasteiger partial charge in [-0.25, -0.2) is 0 Å². The first-order valence-corrected chi connectivity index (χ1v) is 4.01. The van der Waals surface area contributed by atoms with Gasteiger partial charge in [0.1, 0.15) is 6.54 Å². The van der Waals surface area contributed by atoms with Crippen molar-refractivity contribution >= 4 is 11.9 Å². The molecule has 0 unspecified atom stereocenters. The molecule has 1 rings (SSSR count). The highest BCUT2D eigenvalue weighted by atomic mass is 16.4. The van der Waals surface area contributed by atoms with E-state index in [4.69, 9.17) is 5.11 Å². The van der Waals surface area contributed by atoms with Gasteiger partial charge in [-0.1, -0.05) is 0 Å². The molecular weight excluding hydrogens is 186 g/mol. The predicted molar refractivity (Wildman–Crippen MR) is 47.9 cm³/mol. The van der Waals surface area contributed by atoms with E-state index in [1.54, 1.807) is 20.2 Å². The van der Waals surface area contributed by atoms with Crippen molar-refractivity contribution in [2.45, 2.75) is 6.92 Å². The van der Waals surface area contributed by atoms with Crippen LogP contribution < -0.4 is 5.32 Å². The van der Waals surface area contributed by atoms with Gasteiger partial charge >= 0.3 is 5.97 Å². The predicted octanol–water partition coefficient (Wildman–Crippen LogP) is -0.457. The van der Waals surface area contributed by atoms with Crippen molar-refractivity contribution in [1.82, 2.24) is 15.1 Å². The van der Waals surface area contributed by atoms with Crippen molar-refractivity contribution < 1.29 is 14.7 Å². The van der Waals surface area contributed by atoms with Crippen LogP contribution in [-0.4, -0.2) is 33.3 Å². The molecule has 0 saturated heterocycles. The van der Waals surface area contributed by atoms with Gasteiger partial charge in [0.15, 0.2) is 5.69 Å². The van der Waals surface area contributed by atoms with Gasteiger partial charge in [0.05, 0.1) is 0 Å². The van der Waals surface area contributed by atoms with E-state index >= 15 is 0 Å². The van der Waals surface area contributed by atoms with Gasteiger partial charge in [0.25, 0.3) is 5.91 Å². The van der Waals surface area contributed by atoms with Crippen LogP contribution in [0.15, 0.2) is 6.20 Å². The van der Waals surface area contributed by atoms with Crippen molar-refractivity contribution in [1.29, 1.82) is 0 Å². The molecule has 0 fully saturated rings. The minimum Gasteiger partial charge on any atom is -0.480 e. The Kier molecular flexibility index (Phi) is 2.85. The molecule has 0 aliphatic carbocycles. The summed E-state index contributed by atoms with van der Waals surface area (Å²) in [7, 11) is 1.70. The summed E-state index contributed by atoms with van der Waals surface area (Å²) in [5, 5.41) is 14.5. The maximum Gasteiger partial charge on any atom is 0.322 e. The van der Waals surface area contributed by atoms with Crippen LogP contribution in [0.1, 0.15) is 16.1 Å². The topological polar surface area (TPSA) is 84.2 Å². The van der Waals surface area contributed by atoms with E-state index in [9.17, 15) is 9.59 Å². The number of carboxylic acid groups (broad SMARTS) is 1. The van der Waals surface area contributed by atoms with E-state index in [-0.39, 0.29) is 5.69 Å². The molecule has 6 heteroatoms. The summed E-state index contributed by atoms with van der Waals surface area (Å²) in [5.41, 5.74) is 0.976. The number of carboxylic acids is 1. The van der Waals surface area contributed by atoms with Crippen LogP contribution >= 0.6 is 0 Å². The number of nitrogens with zero attached hydrogens (tertiary/aromatic N) is 2. The zero-order valence-corrected chi connectivity index (χ0v) is 7.94. The number of nitrogens with one attached hydrogen (secondary N) is 1. The summed E-state index contributed by atoms with van der Waals surface area (Å²) in [5.74, 6) is -1.54. The van der Waals surface area contributed by atoms with Crippen molar-refractivity contribution in [2.24, 2.45) is 7.05 Å². The van der Waals surface area contributed by atoms with Gasteiger partial charge < -0.3 is 10.4 Å². The van der Waals surface area contributed by atoms with Crippen LogP contribution in [0.4, 0.5) is 0 Å². The van der Waals surface area contributed by atoms with E-state index < -0.39 is 18.4 Å². The molecule has 1 aromatic rings. The molecule has 6 nitrogen and oxygen atoms in total. The monoisotopic (exact) mass is 197 g/mol. The molecule has 0 saturated carbocycles. The van der Waals surface area contributed by atoms with Crippen molar-refractivity contribution in [2.75, 3.05) is 6.54 Å². The van der Waals surface area contributed by atoms with Crippen LogP contribution in [0.3, 0.4) is 0 Å². The number of rotatable bonds is 3. The average molecular weight is 197 g/mol. The van der Waals surface area contributed by atoms with Gasteiger partial charge in [0, 0.05) is 18.8 Å². The van der Waals surface area contributed by atoms with Crippen LogP contribution in [0.5, 0.6) is 0 Å². The SMILES string of the molecule is Cc1cn(C)nc1C(=O)NCC(=O)O. The molecule has 0 spiro atoms. The molecule has 1 heterocycles. The smallest absolute Gasteiger partial charge is 0.322 e. The fourth-order valence-corrected chi connectivity index (χ4v) is 1.07. The van der Waals surface area contributed by atoms with Gasteiger partial charge in [-0.15, -0.1) is 0 Å². The molecule has 14 heavy (non-hydrogen) atoms. The molecule has 76 valence electrons. The normalized spacial score (nSPS) is 9.86. The third-order valence-corrected chi connectivity index (χ3v) is 1.63. The summed E-state index contributed by atoms with van der Waals surface area (Å²) in [6.45, 7) is 1.34. The zero-order valence-electron chi connectivity index (χ0n) is 7.94. The molecular formula is C8H11N3O3. The van der Waals surface area contributed by atoms with Crippen molar-refractivity contribution in [3.8, 4) is 0 Å². The molecule has 1 amide bonds. The van der Waals surface area contributed by atoms with Gasteiger partial charge in [-0.2, -0.15) is 5.10 Å². The molecule has 0 atom stereocenters. The number of carbonyl (C=O) groups excluding carboxylic acids is 1. The summed E-state index contributed by atoms with van der Waals surface area (Å²) < 4.78 is 1.50. The molecule has 0 bridgehead atoms. The lowest BCUT2D eigenvalue weighted by Crippen LogP contribution is -2.30. The Morgan fingerprint density at radius 1 is 1.64 bits per heavy atom. The Morgan fingerprint density at radius 2 is 2.29 bits per heavy atom. The Balaban J connectivity index is 2.69. The third-order valence-electron chi connectivity index (χ3n) is 1.63. The Hall–Kier alpha value is -1.85.